The van der Waals surface area contributed by atoms with Gasteiger partial charge in [-0.1, -0.05) is 41.1 Å². The fourth-order valence-electron chi connectivity index (χ4n) is 4.33. The molecule has 0 saturated carbocycles. The van der Waals surface area contributed by atoms with Gasteiger partial charge >= 0.3 is 0 Å². The molecule has 9 nitrogen and oxygen atoms in total. The topological polar surface area (TPSA) is 96.1 Å². The SMILES string of the molecule is CCOc1cccc(-c2noc(CN3N=CN4NC(c5ccc(C)cc5C)CC4C3=O)n2)c1. The zero-order chi connectivity index (χ0) is 22.9. The Labute approximate surface area is 192 Å². The third-order valence-corrected chi connectivity index (χ3v) is 5.91. The number of amides is 1. The van der Waals surface area contributed by atoms with E-state index in [1.54, 1.807) is 11.3 Å². The average molecular weight is 447 g/mol. The van der Waals surface area contributed by atoms with E-state index >= 15 is 0 Å². The number of nitrogens with one attached hydrogen (secondary N) is 1. The molecule has 1 saturated heterocycles. The normalized spacial score (nSPS) is 19.8. The summed E-state index contributed by atoms with van der Waals surface area (Å²) in [6, 6.07) is 13.6. The first-order valence-corrected chi connectivity index (χ1v) is 11.0. The Balaban J connectivity index is 1.28. The van der Waals surface area contributed by atoms with Crippen LogP contribution in [0.5, 0.6) is 5.75 Å². The van der Waals surface area contributed by atoms with Gasteiger partial charge in [0.15, 0.2) is 0 Å². The summed E-state index contributed by atoms with van der Waals surface area (Å²) in [5.74, 6) is 1.40. The minimum absolute atomic E-state index is 0.0542. The van der Waals surface area contributed by atoms with Crippen LogP contribution in [0, 0.1) is 13.8 Å². The molecule has 2 atom stereocenters. The van der Waals surface area contributed by atoms with Crippen LogP contribution in [0.15, 0.2) is 52.1 Å². The third kappa shape index (κ3) is 4.19. The van der Waals surface area contributed by atoms with Crippen molar-refractivity contribution in [1.82, 2.24) is 25.6 Å². The number of rotatable bonds is 6. The van der Waals surface area contributed by atoms with Crippen molar-refractivity contribution < 1.29 is 14.1 Å². The molecule has 2 unspecified atom stereocenters. The number of aryl methyl sites for hydroxylation is 2. The summed E-state index contributed by atoms with van der Waals surface area (Å²) in [5, 5.41) is 11.5. The monoisotopic (exact) mass is 446 g/mol. The second-order valence-electron chi connectivity index (χ2n) is 8.30. The summed E-state index contributed by atoms with van der Waals surface area (Å²) in [5.41, 5.74) is 7.81. The molecule has 0 aliphatic carbocycles. The van der Waals surface area contributed by atoms with Crippen molar-refractivity contribution >= 4 is 12.2 Å². The van der Waals surface area contributed by atoms with Gasteiger partial charge in [-0.05, 0) is 50.5 Å². The van der Waals surface area contributed by atoms with Gasteiger partial charge in [-0.15, -0.1) is 0 Å². The Hall–Kier alpha value is -3.72. The number of benzene rings is 2. The van der Waals surface area contributed by atoms with Gasteiger partial charge in [-0.25, -0.2) is 10.4 Å². The molecule has 3 aromatic rings. The molecule has 1 amide bonds. The number of aromatic nitrogens is 2. The molecule has 170 valence electrons. The molecular weight excluding hydrogens is 420 g/mol. The van der Waals surface area contributed by atoms with Gasteiger partial charge in [-0.3, -0.25) is 9.80 Å². The Kier molecular flexibility index (Phi) is 5.55. The first-order valence-electron chi connectivity index (χ1n) is 11.0. The highest BCUT2D eigenvalue weighted by Gasteiger charge is 2.41. The van der Waals surface area contributed by atoms with Gasteiger partial charge < -0.3 is 9.26 Å². The van der Waals surface area contributed by atoms with Gasteiger partial charge in [0.05, 0.1) is 12.6 Å². The minimum atomic E-state index is -0.335. The van der Waals surface area contributed by atoms with Crippen LogP contribution in [0.25, 0.3) is 11.4 Å². The maximum atomic E-state index is 13.1. The zero-order valence-electron chi connectivity index (χ0n) is 18.9. The lowest BCUT2D eigenvalue weighted by Crippen LogP contribution is -2.50. The highest BCUT2D eigenvalue weighted by Crippen LogP contribution is 2.32. The molecule has 1 N–H and O–H groups in total. The lowest BCUT2D eigenvalue weighted by atomic mass is 9.96. The number of carbonyl (C=O) groups is 1. The van der Waals surface area contributed by atoms with Crippen LogP contribution in [-0.4, -0.2) is 45.1 Å². The van der Waals surface area contributed by atoms with E-state index in [0.29, 0.717) is 24.7 Å². The Morgan fingerprint density at radius 1 is 1.21 bits per heavy atom. The smallest absolute Gasteiger partial charge is 0.267 e. The summed E-state index contributed by atoms with van der Waals surface area (Å²) in [7, 11) is 0. The quantitative estimate of drug-likeness (QED) is 0.620. The molecule has 0 bridgehead atoms. The molecule has 2 aliphatic heterocycles. The van der Waals surface area contributed by atoms with E-state index in [-0.39, 0.29) is 24.5 Å². The Morgan fingerprint density at radius 2 is 2.09 bits per heavy atom. The fourth-order valence-corrected chi connectivity index (χ4v) is 4.33. The molecule has 0 radical (unpaired) electrons. The minimum Gasteiger partial charge on any atom is -0.494 e. The summed E-state index contributed by atoms with van der Waals surface area (Å²) >= 11 is 0. The summed E-state index contributed by atoms with van der Waals surface area (Å²) < 4.78 is 10.9. The molecular formula is C24H26N6O3. The van der Waals surface area contributed by atoms with Gasteiger partial charge in [0, 0.05) is 5.56 Å². The van der Waals surface area contributed by atoms with Crippen molar-refractivity contribution in [1.29, 1.82) is 0 Å². The second-order valence-corrected chi connectivity index (χ2v) is 8.30. The molecule has 33 heavy (non-hydrogen) atoms. The van der Waals surface area contributed by atoms with Gasteiger partial charge in [-0.2, -0.15) is 10.1 Å². The largest absolute Gasteiger partial charge is 0.494 e. The molecule has 0 spiro atoms. The fraction of sp³-hybridized carbons (Fsp3) is 0.333. The van der Waals surface area contributed by atoms with Crippen molar-refractivity contribution in [3.05, 3.63) is 65.0 Å². The van der Waals surface area contributed by atoms with Crippen LogP contribution in [0.2, 0.25) is 0 Å². The maximum absolute atomic E-state index is 13.1. The van der Waals surface area contributed by atoms with E-state index in [0.717, 1.165) is 11.3 Å². The summed E-state index contributed by atoms with van der Waals surface area (Å²) in [6.45, 7) is 6.80. The lowest BCUT2D eigenvalue weighted by Gasteiger charge is -2.29. The third-order valence-electron chi connectivity index (χ3n) is 5.91. The number of hydrogen-bond donors (Lipinski definition) is 1. The molecule has 3 heterocycles. The van der Waals surface area contributed by atoms with Crippen LogP contribution in [0.3, 0.4) is 0 Å². The molecule has 9 heteroatoms. The number of nitrogens with zero attached hydrogens (tertiary/aromatic N) is 5. The summed E-state index contributed by atoms with van der Waals surface area (Å²) in [6.07, 6.45) is 2.31. The Morgan fingerprint density at radius 3 is 2.91 bits per heavy atom. The molecule has 2 aliphatic rings. The van der Waals surface area contributed by atoms with Crippen molar-refractivity contribution in [3.63, 3.8) is 0 Å². The van der Waals surface area contributed by atoms with E-state index in [1.807, 2.05) is 31.2 Å². The van der Waals surface area contributed by atoms with E-state index in [9.17, 15) is 4.79 Å². The van der Waals surface area contributed by atoms with Crippen LogP contribution in [-0.2, 0) is 11.3 Å². The highest BCUT2D eigenvalue weighted by molar-refractivity contribution is 5.87. The second kappa shape index (κ2) is 8.67. The number of hydrazine groups is 1. The van der Waals surface area contributed by atoms with Crippen LogP contribution < -0.4 is 10.2 Å². The van der Waals surface area contributed by atoms with Gasteiger partial charge in [0.1, 0.15) is 24.7 Å². The predicted octanol–water partition coefficient (Wildman–Crippen LogP) is 3.36. The van der Waals surface area contributed by atoms with Gasteiger partial charge in [0.25, 0.3) is 5.91 Å². The van der Waals surface area contributed by atoms with E-state index < -0.39 is 0 Å². The van der Waals surface area contributed by atoms with Crippen molar-refractivity contribution in [2.75, 3.05) is 6.61 Å². The van der Waals surface area contributed by atoms with Crippen molar-refractivity contribution in [3.8, 4) is 17.1 Å². The van der Waals surface area contributed by atoms with Crippen LogP contribution in [0.1, 0.15) is 42.0 Å². The van der Waals surface area contributed by atoms with Crippen molar-refractivity contribution in [2.24, 2.45) is 5.10 Å². The van der Waals surface area contributed by atoms with Crippen molar-refractivity contribution in [2.45, 2.75) is 45.8 Å². The molecule has 5 rings (SSSR count). The number of hydrogen-bond acceptors (Lipinski definition) is 8. The first kappa shape index (κ1) is 21.1. The standard InChI is InChI=1S/C24H26N6O3/c1-4-32-18-7-5-6-17(11-18)23-26-22(33-28-23)13-29-24(31)21-12-20(27-30(21)14-25-29)19-9-8-15(2)10-16(19)3/h5-11,14,20-21,27H,4,12-13H2,1-3H3. The maximum Gasteiger partial charge on any atom is 0.267 e. The molecule has 1 aromatic heterocycles. The highest BCUT2D eigenvalue weighted by atomic mass is 16.5. The zero-order valence-corrected chi connectivity index (χ0v) is 18.9. The van der Waals surface area contributed by atoms with Crippen LogP contribution in [0.4, 0.5) is 0 Å². The molecule has 1 fully saturated rings. The average Bonchev–Trinajstić information content (AvgIpc) is 3.44. The first-order chi connectivity index (χ1) is 16.0. The van der Waals surface area contributed by atoms with E-state index in [4.69, 9.17) is 9.26 Å². The molecule has 2 aromatic carbocycles. The van der Waals surface area contributed by atoms with Crippen LogP contribution >= 0.6 is 0 Å². The Bertz CT molecular complexity index is 1210. The number of fused-ring (bicyclic) bond motifs is 1. The number of ether oxygens (including phenoxy) is 1. The predicted molar refractivity (Wildman–Crippen MR) is 122 cm³/mol. The number of carbonyl (C=O) groups excluding carboxylic acids is 1. The number of hydrazone groups is 1. The summed E-state index contributed by atoms with van der Waals surface area (Å²) in [4.78, 5) is 17.6. The van der Waals surface area contributed by atoms with Gasteiger partial charge in [0.2, 0.25) is 11.7 Å². The lowest BCUT2D eigenvalue weighted by molar-refractivity contribution is -0.137. The van der Waals surface area contributed by atoms with E-state index in [2.05, 4.69) is 52.7 Å². The van der Waals surface area contributed by atoms with E-state index in [1.165, 1.54) is 21.7 Å².